The highest BCUT2D eigenvalue weighted by Crippen LogP contribution is 2.35. The van der Waals surface area contributed by atoms with E-state index >= 15 is 0 Å². The zero-order valence-corrected chi connectivity index (χ0v) is 25.9. The van der Waals surface area contributed by atoms with E-state index in [1.807, 2.05) is 44.2 Å². The van der Waals surface area contributed by atoms with Gasteiger partial charge in [0, 0.05) is 25.5 Å². The summed E-state index contributed by atoms with van der Waals surface area (Å²) in [5, 5.41) is 8.77. The summed E-state index contributed by atoms with van der Waals surface area (Å²) >= 11 is 0. The average molecular weight is 595 g/mol. The summed E-state index contributed by atoms with van der Waals surface area (Å²) in [6, 6.07) is 13.1. The highest BCUT2D eigenvalue weighted by molar-refractivity contribution is 6.21. The molecule has 0 saturated heterocycles. The van der Waals surface area contributed by atoms with E-state index in [0.717, 1.165) is 36.6 Å². The standard InChI is InChI=1S/C32H39F3N4O.C3H6/c1-6-8-19-37-21-26(12-7-2)23(3)15-16-25-17-18-28(20-30(25)32(33,34)35)38-22-29(31(40)36-5)24(4)39-27-13-10-9-11-14-27;1-2-3-1/h7,9-18,20,22,37-38H,6,8,19,21H2,1-5H3,(H,36,40);1-3H2/b12-7-,16-15+,26-23+,29-22+,39-24?;. The van der Waals surface area contributed by atoms with Gasteiger partial charge in [0.1, 0.15) is 0 Å². The van der Waals surface area contributed by atoms with Crippen molar-refractivity contribution in [2.75, 3.05) is 25.5 Å². The van der Waals surface area contributed by atoms with Crippen LogP contribution in [0.2, 0.25) is 0 Å². The van der Waals surface area contributed by atoms with Gasteiger partial charge in [-0.1, -0.05) is 81.2 Å². The summed E-state index contributed by atoms with van der Waals surface area (Å²) in [5.41, 5.74) is 2.63. The van der Waals surface area contributed by atoms with Crippen LogP contribution >= 0.6 is 0 Å². The van der Waals surface area contributed by atoms with Crippen LogP contribution in [0.1, 0.15) is 70.9 Å². The predicted octanol–water partition coefficient (Wildman–Crippen LogP) is 9.01. The molecule has 2 aromatic carbocycles. The number of hydrogen-bond acceptors (Lipinski definition) is 4. The maximum absolute atomic E-state index is 14.0. The van der Waals surface area contributed by atoms with Crippen LogP contribution in [0.5, 0.6) is 0 Å². The third-order valence-corrected chi connectivity index (χ3v) is 6.42. The Kier molecular flexibility index (Phi) is 15.3. The minimum Gasteiger partial charge on any atom is -0.361 e. The highest BCUT2D eigenvalue weighted by atomic mass is 19.4. The second kappa shape index (κ2) is 18.6. The number of carbonyl (C=O) groups is 1. The molecule has 5 nitrogen and oxygen atoms in total. The minimum atomic E-state index is -4.57. The molecule has 2 aromatic rings. The smallest absolute Gasteiger partial charge is 0.361 e. The molecule has 0 unspecified atom stereocenters. The molecule has 0 heterocycles. The van der Waals surface area contributed by atoms with Gasteiger partial charge in [-0.2, -0.15) is 13.2 Å². The molecule has 0 aromatic heterocycles. The van der Waals surface area contributed by atoms with Crippen LogP contribution in [0.15, 0.2) is 94.7 Å². The summed E-state index contributed by atoms with van der Waals surface area (Å²) < 4.78 is 42.1. The fourth-order valence-electron chi connectivity index (χ4n) is 3.80. The van der Waals surface area contributed by atoms with E-state index in [9.17, 15) is 18.0 Å². The quantitative estimate of drug-likeness (QED) is 0.0938. The van der Waals surface area contributed by atoms with Crippen LogP contribution in [0.3, 0.4) is 0 Å². The van der Waals surface area contributed by atoms with Gasteiger partial charge in [-0.25, -0.2) is 0 Å². The van der Waals surface area contributed by atoms with Crippen molar-refractivity contribution in [1.82, 2.24) is 10.6 Å². The SMILES string of the molecule is C1CC1.C\C=C/C(CNCCCC)=C(C)\C=C\c1ccc(N/C=C(/C(=O)NC)C(C)=Nc2ccccc2)cc1C(F)(F)F. The monoisotopic (exact) mass is 594 g/mol. The number of amides is 1. The number of rotatable bonds is 13. The van der Waals surface area contributed by atoms with Crippen molar-refractivity contribution in [3.8, 4) is 0 Å². The van der Waals surface area contributed by atoms with Gasteiger partial charge in [-0.3, -0.25) is 9.79 Å². The van der Waals surface area contributed by atoms with Crippen LogP contribution in [0.4, 0.5) is 24.5 Å². The number of nitrogens with zero attached hydrogens (tertiary/aromatic N) is 1. The topological polar surface area (TPSA) is 65.5 Å². The number of allylic oxidation sites excluding steroid dienone is 3. The summed E-state index contributed by atoms with van der Waals surface area (Å²) in [5.74, 6) is -0.413. The normalized spacial score (nSPS) is 14.3. The van der Waals surface area contributed by atoms with E-state index in [-0.39, 0.29) is 16.8 Å². The van der Waals surface area contributed by atoms with Gasteiger partial charge in [-0.05, 0) is 74.7 Å². The average Bonchev–Trinajstić information content (AvgIpc) is 3.88. The van der Waals surface area contributed by atoms with Crippen LogP contribution in [0.25, 0.3) is 6.08 Å². The number of para-hydroxylation sites is 1. The highest BCUT2D eigenvalue weighted by Gasteiger charge is 2.33. The Morgan fingerprint density at radius 3 is 2.30 bits per heavy atom. The first kappa shape index (κ1) is 35.3. The molecule has 1 fully saturated rings. The molecule has 0 bridgehead atoms. The summed E-state index contributed by atoms with van der Waals surface area (Å²) in [6.07, 6.45) is 10.5. The molecule has 0 radical (unpaired) electrons. The number of unbranched alkanes of at least 4 members (excludes halogenated alkanes) is 1. The summed E-state index contributed by atoms with van der Waals surface area (Å²) in [4.78, 5) is 16.9. The maximum atomic E-state index is 14.0. The van der Waals surface area contributed by atoms with Gasteiger partial charge < -0.3 is 16.0 Å². The molecule has 8 heteroatoms. The summed E-state index contributed by atoms with van der Waals surface area (Å²) in [6.45, 7) is 9.12. The van der Waals surface area contributed by atoms with E-state index in [1.54, 1.807) is 31.2 Å². The van der Waals surface area contributed by atoms with Gasteiger partial charge >= 0.3 is 6.18 Å². The Balaban J connectivity index is 0.00000202. The molecule has 1 saturated carbocycles. The fraction of sp³-hybridized carbons (Fsp3) is 0.371. The number of halogens is 3. The lowest BCUT2D eigenvalue weighted by atomic mass is 10.0. The first-order valence-corrected chi connectivity index (χ1v) is 14.8. The van der Waals surface area contributed by atoms with Crippen molar-refractivity contribution in [1.29, 1.82) is 0 Å². The Morgan fingerprint density at radius 2 is 1.72 bits per heavy atom. The molecule has 3 N–H and O–H groups in total. The zero-order valence-electron chi connectivity index (χ0n) is 25.9. The van der Waals surface area contributed by atoms with E-state index < -0.39 is 17.6 Å². The summed E-state index contributed by atoms with van der Waals surface area (Å²) in [7, 11) is 1.48. The number of aliphatic imine (C=N–C) groups is 1. The number of nitrogens with one attached hydrogen (secondary N) is 3. The van der Waals surface area contributed by atoms with E-state index in [2.05, 4.69) is 27.9 Å². The molecule has 1 amide bonds. The van der Waals surface area contributed by atoms with E-state index in [0.29, 0.717) is 17.9 Å². The number of carbonyl (C=O) groups excluding carboxylic acids is 1. The van der Waals surface area contributed by atoms with Crippen molar-refractivity contribution in [2.24, 2.45) is 4.99 Å². The Labute approximate surface area is 254 Å². The van der Waals surface area contributed by atoms with Gasteiger partial charge in [0.25, 0.3) is 5.91 Å². The number of alkyl halides is 3. The lowest BCUT2D eigenvalue weighted by Crippen LogP contribution is -2.24. The maximum Gasteiger partial charge on any atom is 0.417 e. The molecule has 43 heavy (non-hydrogen) atoms. The van der Waals surface area contributed by atoms with Crippen molar-refractivity contribution in [3.63, 3.8) is 0 Å². The number of hydrogen-bond donors (Lipinski definition) is 3. The third kappa shape index (κ3) is 13.3. The number of anilines is 1. The molecule has 232 valence electrons. The van der Waals surface area contributed by atoms with Crippen LogP contribution in [-0.2, 0) is 11.0 Å². The molecule has 0 spiro atoms. The van der Waals surface area contributed by atoms with Crippen molar-refractivity contribution >= 4 is 29.1 Å². The second-order valence-corrected chi connectivity index (χ2v) is 10.2. The molecule has 0 atom stereocenters. The van der Waals surface area contributed by atoms with Crippen LogP contribution in [0, 0.1) is 0 Å². The number of benzene rings is 2. The number of likely N-dealkylation sites (N-methyl/N-ethyl adjacent to an activating group) is 1. The van der Waals surface area contributed by atoms with E-state index in [1.165, 1.54) is 44.7 Å². The molecule has 0 aliphatic heterocycles. The zero-order chi connectivity index (χ0) is 31.7. The Morgan fingerprint density at radius 1 is 1.02 bits per heavy atom. The van der Waals surface area contributed by atoms with E-state index in [4.69, 9.17) is 0 Å². The third-order valence-electron chi connectivity index (χ3n) is 6.42. The van der Waals surface area contributed by atoms with Gasteiger partial charge in [0.05, 0.1) is 22.5 Å². The molecule has 1 aliphatic rings. The largest absolute Gasteiger partial charge is 0.417 e. The minimum absolute atomic E-state index is 0.0495. The van der Waals surface area contributed by atoms with Crippen LogP contribution < -0.4 is 16.0 Å². The second-order valence-electron chi connectivity index (χ2n) is 10.2. The fourth-order valence-corrected chi connectivity index (χ4v) is 3.80. The van der Waals surface area contributed by atoms with Gasteiger partial charge in [0.15, 0.2) is 0 Å². The van der Waals surface area contributed by atoms with Crippen molar-refractivity contribution in [3.05, 3.63) is 101 Å². The lowest BCUT2D eigenvalue weighted by molar-refractivity contribution is -0.137. The first-order chi connectivity index (χ1) is 20.6. The van der Waals surface area contributed by atoms with Gasteiger partial charge in [-0.15, -0.1) is 0 Å². The Hall–Kier alpha value is -3.91. The van der Waals surface area contributed by atoms with Gasteiger partial charge in [0.2, 0.25) is 0 Å². The van der Waals surface area contributed by atoms with Crippen molar-refractivity contribution in [2.45, 2.75) is 66.0 Å². The molecule has 3 rings (SSSR count). The van der Waals surface area contributed by atoms with Crippen molar-refractivity contribution < 1.29 is 18.0 Å². The molecule has 1 aliphatic carbocycles. The lowest BCUT2D eigenvalue weighted by Gasteiger charge is -2.14. The molecular formula is C35H45F3N4O. The predicted molar refractivity (Wildman–Crippen MR) is 175 cm³/mol. The molecular weight excluding hydrogens is 549 g/mol. The Bertz CT molecular complexity index is 1320. The first-order valence-electron chi connectivity index (χ1n) is 14.8. The van der Waals surface area contributed by atoms with Crippen LogP contribution in [-0.4, -0.2) is 31.8 Å².